The van der Waals surface area contributed by atoms with E-state index in [1.54, 1.807) is 18.2 Å². The number of halogens is 1. The van der Waals surface area contributed by atoms with Gasteiger partial charge in [0.1, 0.15) is 6.54 Å². The largest absolute Gasteiger partial charge is 0.469 e. The van der Waals surface area contributed by atoms with Crippen LogP contribution in [0.15, 0.2) is 30.3 Å². The summed E-state index contributed by atoms with van der Waals surface area (Å²) in [5.41, 5.74) is 3.16. The van der Waals surface area contributed by atoms with Crippen molar-refractivity contribution in [3.05, 3.63) is 52.3 Å². The van der Waals surface area contributed by atoms with Gasteiger partial charge in [-0.1, -0.05) is 23.7 Å². The van der Waals surface area contributed by atoms with E-state index in [4.69, 9.17) is 11.6 Å². The molecule has 0 bridgehead atoms. The lowest BCUT2D eigenvalue weighted by Gasteiger charge is -2.09. The lowest BCUT2D eigenvalue weighted by atomic mass is 10.1. The highest BCUT2D eigenvalue weighted by molar-refractivity contribution is 6.30. The Hall–Kier alpha value is -3.00. The van der Waals surface area contributed by atoms with Crippen LogP contribution in [0.3, 0.4) is 0 Å². The maximum Gasteiger partial charge on any atom is 0.305 e. The predicted molar refractivity (Wildman–Crippen MR) is 108 cm³/mol. The number of benzene rings is 1. The van der Waals surface area contributed by atoms with E-state index in [9.17, 15) is 9.59 Å². The number of aromatic nitrogens is 5. The number of hydrogen-bond acceptors (Lipinski definition) is 6. The molecule has 1 aromatic carbocycles. The predicted octanol–water partition coefficient (Wildman–Crippen LogP) is 3.25. The second kappa shape index (κ2) is 9.00. The van der Waals surface area contributed by atoms with Crippen LogP contribution in [0.5, 0.6) is 0 Å². The fourth-order valence-corrected chi connectivity index (χ4v) is 3.37. The zero-order valence-corrected chi connectivity index (χ0v) is 17.3. The number of hydrogen-bond donors (Lipinski definition) is 0. The summed E-state index contributed by atoms with van der Waals surface area (Å²) in [7, 11) is 1.38. The van der Waals surface area contributed by atoms with E-state index in [2.05, 4.69) is 20.1 Å². The zero-order valence-electron chi connectivity index (χ0n) is 16.6. The Balaban J connectivity index is 1.70. The Morgan fingerprint density at radius 3 is 2.72 bits per heavy atom. The molecule has 0 amide bonds. The number of methoxy groups -OCH3 is 1. The highest BCUT2D eigenvalue weighted by Crippen LogP contribution is 2.19. The molecule has 9 heteroatoms. The number of carbonyl (C=O) groups excluding carboxylic acids is 2. The average molecular weight is 416 g/mol. The van der Waals surface area contributed by atoms with Crippen molar-refractivity contribution in [2.75, 3.05) is 7.11 Å². The van der Waals surface area contributed by atoms with Gasteiger partial charge in [-0.05, 0) is 43.7 Å². The van der Waals surface area contributed by atoms with Crippen LogP contribution in [0.1, 0.15) is 34.6 Å². The van der Waals surface area contributed by atoms with Gasteiger partial charge in [0.15, 0.2) is 5.78 Å². The molecular weight excluding hydrogens is 394 g/mol. The van der Waals surface area contributed by atoms with Gasteiger partial charge in [-0.25, -0.2) is 0 Å². The molecule has 152 valence electrons. The summed E-state index contributed by atoms with van der Waals surface area (Å²) in [6.45, 7) is 4.46. The van der Waals surface area contributed by atoms with Crippen LogP contribution >= 0.6 is 11.6 Å². The number of ketones is 1. The fraction of sp³-hybridized carbons (Fsp3) is 0.350. The summed E-state index contributed by atoms with van der Waals surface area (Å²) >= 11 is 6.00. The van der Waals surface area contributed by atoms with E-state index < -0.39 is 0 Å². The van der Waals surface area contributed by atoms with Crippen molar-refractivity contribution >= 4 is 23.4 Å². The van der Waals surface area contributed by atoms with Gasteiger partial charge in [-0.3, -0.25) is 9.59 Å². The van der Waals surface area contributed by atoms with E-state index in [1.165, 1.54) is 11.9 Å². The van der Waals surface area contributed by atoms with Crippen LogP contribution in [-0.2, 0) is 22.6 Å². The maximum absolute atomic E-state index is 12.8. The van der Waals surface area contributed by atoms with E-state index in [1.807, 2.05) is 30.5 Å². The molecule has 0 aliphatic carbocycles. The van der Waals surface area contributed by atoms with Crippen LogP contribution in [0.25, 0.3) is 11.4 Å². The van der Waals surface area contributed by atoms with Gasteiger partial charge in [0.2, 0.25) is 5.82 Å². The average Bonchev–Trinajstić information content (AvgIpc) is 3.27. The molecule has 0 N–H and O–H groups in total. The number of tetrazole rings is 1. The summed E-state index contributed by atoms with van der Waals surface area (Å²) in [4.78, 5) is 25.4. The van der Waals surface area contributed by atoms with E-state index in [-0.39, 0.29) is 18.3 Å². The molecule has 2 heterocycles. The lowest BCUT2D eigenvalue weighted by molar-refractivity contribution is -0.140. The first-order chi connectivity index (χ1) is 13.9. The molecule has 0 atom stereocenters. The molecule has 3 rings (SSSR count). The van der Waals surface area contributed by atoms with Crippen molar-refractivity contribution in [2.24, 2.45) is 0 Å². The number of esters is 1. The number of rotatable bonds is 8. The Bertz CT molecular complexity index is 1040. The zero-order chi connectivity index (χ0) is 21.0. The second-order valence-corrected chi connectivity index (χ2v) is 7.13. The summed E-state index contributed by atoms with van der Waals surface area (Å²) in [5, 5.41) is 12.8. The van der Waals surface area contributed by atoms with Crippen LogP contribution < -0.4 is 0 Å². The molecule has 0 spiro atoms. The molecule has 29 heavy (non-hydrogen) atoms. The highest BCUT2D eigenvalue weighted by Gasteiger charge is 2.18. The first-order valence-corrected chi connectivity index (χ1v) is 9.57. The van der Waals surface area contributed by atoms with Gasteiger partial charge >= 0.3 is 5.97 Å². The van der Waals surface area contributed by atoms with Crippen LogP contribution in [0.2, 0.25) is 5.02 Å². The Kier molecular flexibility index (Phi) is 6.43. The minimum absolute atomic E-state index is 0.0139. The molecule has 0 aliphatic rings. The Labute approximate surface area is 173 Å². The van der Waals surface area contributed by atoms with E-state index in [0.717, 1.165) is 17.0 Å². The first kappa shape index (κ1) is 20.7. The van der Waals surface area contributed by atoms with Crippen molar-refractivity contribution in [1.82, 2.24) is 24.8 Å². The third kappa shape index (κ3) is 4.89. The Morgan fingerprint density at radius 1 is 1.21 bits per heavy atom. The van der Waals surface area contributed by atoms with E-state index >= 15 is 0 Å². The third-order valence-electron chi connectivity index (χ3n) is 4.69. The fourth-order valence-electron chi connectivity index (χ4n) is 3.18. The van der Waals surface area contributed by atoms with Crippen LogP contribution in [-0.4, -0.2) is 43.6 Å². The molecule has 0 fully saturated rings. The van der Waals surface area contributed by atoms with Gasteiger partial charge in [0.25, 0.3) is 0 Å². The SMILES string of the molecule is COC(=O)CCCn1c(C)cc(C(=O)Cn2nnc(-c3cccc(Cl)c3)n2)c1C. The number of aryl methyl sites for hydroxylation is 1. The van der Waals surface area contributed by atoms with Gasteiger partial charge in [0, 0.05) is 40.5 Å². The number of carbonyl (C=O) groups is 2. The summed E-state index contributed by atoms with van der Waals surface area (Å²) < 4.78 is 6.70. The first-order valence-electron chi connectivity index (χ1n) is 9.19. The van der Waals surface area contributed by atoms with Crippen molar-refractivity contribution in [2.45, 2.75) is 39.8 Å². The molecule has 0 saturated heterocycles. The second-order valence-electron chi connectivity index (χ2n) is 6.69. The summed E-state index contributed by atoms with van der Waals surface area (Å²) in [5.74, 6) is 0.0671. The molecule has 0 unspecified atom stereocenters. The standard InChI is InChI=1S/C20H22ClN5O3/c1-13-10-17(14(2)25(13)9-5-8-19(28)29-3)18(27)12-26-23-20(22-24-26)15-6-4-7-16(21)11-15/h4,6-7,10-11H,5,8-9,12H2,1-3H3. The molecule has 2 aromatic heterocycles. The monoisotopic (exact) mass is 415 g/mol. The Morgan fingerprint density at radius 2 is 2.00 bits per heavy atom. The van der Waals surface area contributed by atoms with Crippen LogP contribution in [0, 0.1) is 13.8 Å². The van der Waals surface area contributed by atoms with E-state index in [0.29, 0.717) is 35.8 Å². The number of Topliss-reactive ketones (excluding diaryl/α,β-unsaturated/α-hetero) is 1. The molecule has 0 aliphatic heterocycles. The highest BCUT2D eigenvalue weighted by atomic mass is 35.5. The van der Waals surface area contributed by atoms with Gasteiger partial charge in [-0.15, -0.1) is 10.2 Å². The maximum atomic E-state index is 12.8. The van der Waals surface area contributed by atoms with Crippen molar-refractivity contribution in [3.8, 4) is 11.4 Å². The topological polar surface area (TPSA) is 91.9 Å². The smallest absolute Gasteiger partial charge is 0.305 e. The van der Waals surface area contributed by atoms with Gasteiger partial charge < -0.3 is 9.30 Å². The molecule has 8 nitrogen and oxygen atoms in total. The number of nitrogens with zero attached hydrogens (tertiary/aromatic N) is 5. The molecular formula is C20H22ClN5O3. The normalized spacial score (nSPS) is 10.9. The molecule has 0 radical (unpaired) electrons. The van der Waals surface area contributed by atoms with Gasteiger partial charge in [0.05, 0.1) is 7.11 Å². The minimum Gasteiger partial charge on any atom is -0.469 e. The van der Waals surface area contributed by atoms with Gasteiger partial charge in [-0.2, -0.15) is 4.80 Å². The van der Waals surface area contributed by atoms with Crippen molar-refractivity contribution < 1.29 is 14.3 Å². The summed E-state index contributed by atoms with van der Waals surface area (Å²) in [6.07, 6.45) is 0.982. The lowest BCUT2D eigenvalue weighted by Crippen LogP contribution is -2.14. The van der Waals surface area contributed by atoms with Crippen molar-refractivity contribution in [3.63, 3.8) is 0 Å². The molecule has 0 saturated carbocycles. The summed E-state index contributed by atoms with van der Waals surface area (Å²) in [6, 6.07) is 8.99. The third-order valence-corrected chi connectivity index (χ3v) is 4.92. The van der Waals surface area contributed by atoms with Crippen molar-refractivity contribution in [1.29, 1.82) is 0 Å². The molecule has 3 aromatic rings. The number of ether oxygens (including phenoxy) is 1. The quantitative estimate of drug-likeness (QED) is 0.414. The van der Waals surface area contributed by atoms with Crippen LogP contribution in [0.4, 0.5) is 0 Å². The minimum atomic E-state index is -0.239.